The van der Waals surface area contributed by atoms with Gasteiger partial charge in [0, 0.05) is 6.42 Å². The lowest BCUT2D eigenvalue weighted by atomic mass is 9.91. The van der Waals surface area contributed by atoms with E-state index in [4.69, 9.17) is 4.74 Å². The van der Waals surface area contributed by atoms with Crippen molar-refractivity contribution in [1.29, 1.82) is 0 Å². The monoisotopic (exact) mass is 270 g/mol. The van der Waals surface area contributed by atoms with Gasteiger partial charge in [-0.3, -0.25) is 0 Å². The summed E-state index contributed by atoms with van der Waals surface area (Å²) in [6.45, 7) is 2.92. The lowest BCUT2D eigenvalue weighted by molar-refractivity contribution is -0.159. The van der Waals surface area contributed by atoms with Gasteiger partial charge in [0.2, 0.25) is 6.17 Å². The molecule has 0 radical (unpaired) electrons. The highest BCUT2D eigenvalue weighted by atomic mass is 19.1. The maximum absolute atomic E-state index is 13.9. The van der Waals surface area contributed by atoms with Gasteiger partial charge in [0.15, 0.2) is 0 Å². The highest BCUT2D eigenvalue weighted by Crippen LogP contribution is 2.26. The van der Waals surface area contributed by atoms with E-state index in [1.54, 1.807) is 31.2 Å². The number of alkyl halides is 1. The zero-order chi connectivity index (χ0) is 14.5. The third-order valence-electron chi connectivity index (χ3n) is 2.78. The Morgan fingerprint density at radius 2 is 2.11 bits per heavy atom. The number of methoxy groups -OCH3 is 1. The van der Waals surface area contributed by atoms with Crippen LogP contribution in [0.3, 0.4) is 0 Å². The zero-order valence-electron chi connectivity index (χ0n) is 11.4. The van der Waals surface area contributed by atoms with Gasteiger partial charge in [-0.05, 0) is 25.5 Å². The predicted molar refractivity (Wildman–Crippen MR) is 68.9 cm³/mol. The molecule has 0 spiro atoms. The topological polar surface area (TPSA) is 55.8 Å². The Balaban J connectivity index is 2.86. The largest absolute Gasteiger partial charge is 0.496 e. The fourth-order valence-corrected chi connectivity index (χ4v) is 1.79. The molecule has 0 aromatic heterocycles. The summed E-state index contributed by atoms with van der Waals surface area (Å²) in [7, 11) is 1.49. The van der Waals surface area contributed by atoms with Crippen molar-refractivity contribution in [2.45, 2.75) is 32.0 Å². The molecule has 0 saturated carbocycles. The molecule has 1 aromatic rings. The van der Waals surface area contributed by atoms with E-state index in [-0.39, 0.29) is 13.0 Å². The second kappa shape index (κ2) is 6.52. The van der Waals surface area contributed by atoms with E-state index in [1.807, 2.05) is 0 Å². The van der Waals surface area contributed by atoms with Crippen molar-refractivity contribution in [2.75, 3.05) is 13.7 Å². The minimum Gasteiger partial charge on any atom is -0.496 e. The average Bonchev–Trinajstić information content (AvgIpc) is 2.38. The predicted octanol–water partition coefficient (Wildman–Crippen LogP) is 1.89. The molecule has 1 rings (SSSR count). The fourth-order valence-electron chi connectivity index (χ4n) is 1.79. The molecular weight excluding hydrogens is 251 g/mol. The third kappa shape index (κ3) is 3.92. The number of halogens is 1. The molecule has 19 heavy (non-hydrogen) atoms. The van der Waals surface area contributed by atoms with Gasteiger partial charge < -0.3 is 14.6 Å². The average molecular weight is 270 g/mol. The van der Waals surface area contributed by atoms with E-state index >= 15 is 0 Å². The first-order chi connectivity index (χ1) is 8.92. The van der Waals surface area contributed by atoms with Crippen LogP contribution in [-0.4, -0.2) is 36.6 Å². The van der Waals surface area contributed by atoms with Gasteiger partial charge in [0.1, 0.15) is 11.4 Å². The van der Waals surface area contributed by atoms with E-state index in [0.717, 1.165) is 0 Å². The van der Waals surface area contributed by atoms with Gasteiger partial charge in [-0.15, -0.1) is 0 Å². The summed E-state index contributed by atoms with van der Waals surface area (Å²) in [5.41, 5.74) is -1.22. The Bertz CT molecular complexity index is 431. The van der Waals surface area contributed by atoms with Crippen LogP contribution >= 0.6 is 0 Å². The summed E-state index contributed by atoms with van der Waals surface area (Å²) in [5, 5.41) is 10.1. The van der Waals surface area contributed by atoms with Crippen molar-refractivity contribution in [3.8, 4) is 5.75 Å². The summed E-state index contributed by atoms with van der Waals surface area (Å²) in [5.74, 6) is -0.513. The van der Waals surface area contributed by atoms with Crippen molar-refractivity contribution in [3.05, 3.63) is 29.8 Å². The summed E-state index contributed by atoms with van der Waals surface area (Å²) >= 11 is 0. The van der Waals surface area contributed by atoms with Crippen molar-refractivity contribution in [1.82, 2.24) is 0 Å². The molecular formula is C14H19FO4. The van der Waals surface area contributed by atoms with Crippen molar-refractivity contribution in [3.63, 3.8) is 0 Å². The minimum absolute atomic E-state index is 0.0446. The van der Waals surface area contributed by atoms with Crippen LogP contribution < -0.4 is 4.74 Å². The van der Waals surface area contributed by atoms with Gasteiger partial charge in [0.25, 0.3) is 0 Å². The highest BCUT2D eigenvalue weighted by molar-refractivity contribution is 5.76. The molecule has 0 fully saturated rings. The lowest BCUT2D eigenvalue weighted by Gasteiger charge is -2.26. The van der Waals surface area contributed by atoms with Gasteiger partial charge in [-0.1, -0.05) is 18.2 Å². The van der Waals surface area contributed by atoms with E-state index in [0.29, 0.717) is 11.3 Å². The number of esters is 1. The van der Waals surface area contributed by atoms with E-state index in [2.05, 4.69) is 4.74 Å². The number of aliphatic hydroxyl groups is 1. The van der Waals surface area contributed by atoms with Crippen molar-refractivity contribution < 1.29 is 23.8 Å². The summed E-state index contributed by atoms with van der Waals surface area (Å²) in [6, 6.07) is 6.95. The molecule has 5 heteroatoms. The smallest absolute Gasteiger partial charge is 0.343 e. The van der Waals surface area contributed by atoms with Gasteiger partial charge >= 0.3 is 5.97 Å². The number of ether oxygens (including phenoxy) is 2. The Morgan fingerprint density at radius 1 is 1.47 bits per heavy atom. The molecule has 0 heterocycles. The quantitative estimate of drug-likeness (QED) is 0.802. The maximum atomic E-state index is 13.9. The Morgan fingerprint density at radius 3 is 2.68 bits per heavy atom. The number of para-hydroxylation sites is 1. The molecule has 4 nitrogen and oxygen atoms in total. The van der Waals surface area contributed by atoms with Crippen molar-refractivity contribution in [2.24, 2.45) is 0 Å². The van der Waals surface area contributed by atoms with Crippen LogP contribution in [0, 0.1) is 0 Å². The van der Waals surface area contributed by atoms with Crippen LogP contribution in [0.25, 0.3) is 0 Å². The molecule has 106 valence electrons. The maximum Gasteiger partial charge on any atom is 0.343 e. The van der Waals surface area contributed by atoms with E-state index < -0.39 is 17.7 Å². The molecule has 0 amide bonds. The number of rotatable bonds is 6. The summed E-state index contributed by atoms with van der Waals surface area (Å²) in [6.07, 6.45) is -2.14. The number of benzene rings is 1. The Hall–Kier alpha value is -1.62. The Labute approximate surface area is 112 Å². The zero-order valence-corrected chi connectivity index (χ0v) is 11.4. The molecule has 0 aliphatic carbocycles. The minimum atomic E-state index is -2.10. The van der Waals surface area contributed by atoms with Crippen LogP contribution in [-0.2, 0) is 16.0 Å². The highest BCUT2D eigenvalue weighted by Gasteiger charge is 2.39. The Kier molecular flexibility index (Phi) is 5.30. The normalized spacial score (nSPS) is 15.4. The van der Waals surface area contributed by atoms with Crippen LogP contribution in [0.4, 0.5) is 4.39 Å². The first-order valence-corrected chi connectivity index (χ1v) is 6.07. The molecule has 0 aliphatic rings. The second-order valence-electron chi connectivity index (χ2n) is 4.46. The van der Waals surface area contributed by atoms with Crippen LogP contribution in [0.1, 0.15) is 19.4 Å². The third-order valence-corrected chi connectivity index (χ3v) is 2.78. The summed E-state index contributed by atoms with van der Waals surface area (Å²) in [4.78, 5) is 11.3. The fraction of sp³-hybridized carbons (Fsp3) is 0.500. The van der Waals surface area contributed by atoms with E-state index in [1.165, 1.54) is 14.0 Å². The van der Waals surface area contributed by atoms with Crippen LogP contribution in [0.5, 0.6) is 5.75 Å². The number of hydrogen-bond donors (Lipinski definition) is 1. The number of carbonyl (C=O) groups excluding carboxylic acids is 1. The number of carbonyl (C=O) groups is 1. The second-order valence-corrected chi connectivity index (χ2v) is 4.46. The van der Waals surface area contributed by atoms with Crippen molar-refractivity contribution >= 4 is 5.97 Å². The first kappa shape index (κ1) is 15.4. The SMILES string of the molecule is CCOC(=O)C(F)C(C)(O)Cc1ccccc1OC. The standard InChI is InChI=1S/C14H19FO4/c1-4-19-13(16)12(15)14(2,17)9-10-7-5-6-8-11(10)18-3/h5-8,12,17H,4,9H2,1-3H3. The molecule has 2 atom stereocenters. The van der Waals surface area contributed by atoms with E-state index in [9.17, 15) is 14.3 Å². The summed E-state index contributed by atoms with van der Waals surface area (Å²) < 4.78 is 23.6. The van der Waals surface area contributed by atoms with Gasteiger partial charge in [-0.25, -0.2) is 9.18 Å². The molecule has 0 bridgehead atoms. The lowest BCUT2D eigenvalue weighted by Crippen LogP contribution is -2.44. The number of hydrogen-bond acceptors (Lipinski definition) is 4. The van der Waals surface area contributed by atoms with Crippen LogP contribution in [0.15, 0.2) is 24.3 Å². The molecule has 0 saturated heterocycles. The van der Waals surface area contributed by atoms with Gasteiger partial charge in [-0.2, -0.15) is 0 Å². The van der Waals surface area contributed by atoms with Gasteiger partial charge in [0.05, 0.1) is 13.7 Å². The molecule has 0 aliphatic heterocycles. The first-order valence-electron chi connectivity index (χ1n) is 6.07. The molecule has 1 N–H and O–H groups in total. The van der Waals surface area contributed by atoms with Crippen LogP contribution in [0.2, 0.25) is 0 Å². The molecule has 1 aromatic carbocycles. The molecule has 2 unspecified atom stereocenters.